The molecule has 0 bridgehead atoms. The van der Waals surface area contributed by atoms with Crippen LogP contribution in [0.5, 0.6) is 11.5 Å². The number of aromatic nitrogens is 2. The molecule has 3 aromatic rings. The number of rotatable bonds is 7. The number of ether oxygens (including phenoxy) is 3. The highest BCUT2D eigenvalue weighted by Crippen LogP contribution is 2.46. The number of esters is 1. The summed E-state index contributed by atoms with van der Waals surface area (Å²) in [5.41, 5.74) is 2.00. The number of carbonyl (C=O) groups excluding carboxylic acids is 2. The molecule has 0 radical (unpaired) electrons. The Labute approximate surface area is 218 Å². The maximum atomic E-state index is 12.2. The fraction of sp³-hybridized carbons (Fsp3) is 0.280. The summed E-state index contributed by atoms with van der Waals surface area (Å²) in [5.74, 6) is 0.432. The van der Waals surface area contributed by atoms with Crippen molar-refractivity contribution in [2.24, 2.45) is 0 Å². The number of hydrogen-bond donors (Lipinski definition) is 1. The molecule has 0 saturated carbocycles. The van der Waals surface area contributed by atoms with Crippen molar-refractivity contribution >= 4 is 51.9 Å². The largest absolute Gasteiger partial charge is 0.495 e. The molecule has 188 valence electrons. The van der Waals surface area contributed by atoms with Gasteiger partial charge < -0.3 is 24.4 Å². The van der Waals surface area contributed by atoms with Crippen LogP contribution >= 0.6 is 23.2 Å². The van der Waals surface area contributed by atoms with Gasteiger partial charge in [0.2, 0.25) is 11.9 Å². The number of amides is 1. The van der Waals surface area contributed by atoms with Gasteiger partial charge >= 0.3 is 5.97 Å². The van der Waals surface area contributed by atoms with Gasteiger partial charge in [-0.3, -0.25) is 4.79 Å². The van der Waals surface area contributed by atoms with Crippen LogP contribution in [0.3, 0.4) is 0 Å². The van der Waals surface area contributed by atoms with Crippen molar-refractivity contribution in [3.8, 4) is 22.6 Å². The van der Waals surface area contributed by atoms with Crippen molar-refractivity contribution in [1.29, 1.82) is 0 Å². The van der Waals surface area contributed by atoms with E-state index in [0.717, 1.165) is 10.9 Å². The zero-order valence-corrected chi connectivity index (χ0v) is 21.4. The first-order valence-corrected chi connectivity index (χ1v) is 11.7. The molecule has 1 fully saturated rings. The summed E-state index contributed by atoms with van der Waals surface area (Å²) in [6.07, 6.45) is 3.22. The zero-order valence-electron chi connectivity index (χ0n) is 19.9. The van der Waals surface area contributed by atoms with E-state index >= 15 is 0 Å². The van der Waals surface area contributed by atoms with Crippen LogP contribution in [0, 0.1) is 0 Å². The fourth-order valence-electron chi connectivity index (χ4n) is 4.24. The van der Waals surface area contributed by atoms with Crippen LogP contribution in [-0.4, -0.2) is 66.7 Å². The van der Waals surface area contributed by atoms with Gasteiger partial charge in [-0.1, -0.05) is 35.8 Å². The van der Waals surface area contributed by atoms with E-state index in [1.54, 1.807) is 12.3 Å². The molecule has 9 nitrogen and oxygen atoms in total. The van der Waals surface area contributed by atoms with E-state index < -0.39 is 12.0 Å². The molecule has 1 aliphatic rings. The van der Waals surface area contributed by atoms with E-state index in [4.69, 9.17) is 37.4 Å². The monoisotopic (exact) mass is 530 g/mol. The molecule has 0 aliphatic carbocycles. The average molecular weight is 531 g/mol. The third kappa shape index (κ3) is 4.76. The molecule has 0 unspecified atom stereocenters. The van der Waals surface area contributed by atoms with Gasteiger partial charge in [-0.2, -0.15) is 0 Å². The predicted octanol–water partition coefficient (Wildman–Crippen LogP) is 4.36. The SMILES string of the molecule is C=CC(=O)N1C[C@@H](Nc2ncc3cc(-c4c(Cl)c(OC)cc(OC)c4Cl)ccc3n2)C[C@H]1C(=O)OC. The fourth-order valence-corrected chi connectivity index (χ4v) is 4.96. The number of hydrogen-bond acceptors (Lipinski definition) is 8. The van der Waals surface area contributed by atoms with Crippen LogP contribution in [0.1, 0.15) is 6.42 Å². The molecule has 36 heavy (non-hydrogen) atoms. The first-order valence-electron chi connectivity index (χ1n) is 11.0. The van der Waals surface area contributed by atoms with E-state index in [-0.39, 0.29) is 11.9 Å². The molecule has 1 aliphatic heterocycles. The molecule has 1 aromatic heterocycles. The minimum Gasteiger partial charge on any atom is -0.495 e. The molecule has 4 rings (SSSR count). The Hall–Kier alpha value is -3.56. The van der Waals surface area contributed by atoms with E-state index in [9.17, 15) is 9.59 Å². The van der Waals surface area contributed by atoms with Gasteiger partial charge in [-0.05, 0) is 23.8 Å². The smallest absolute Gasteiger partial charge is 0.328 e. The summed E-state index contributed by atoms with van der Waals surface area (Å²) < 4.78 is 15.6. The first-order chi connectivity index (χ1) is 17.3. The normalized spacial score (nSPS) is 17.1. The quantitative estimate of drug-likeness (QED) is 0.355. The summed E-state index contributed by atoms with van der Waals surface area (Å²) in [5, 5.41) is 4.70. The Kier molecular flexibility index (Phi) is 7.51. The van der Waals surface area contributed by atoms with Gasteiger partial charge in [-0.15, -0.1) is 0 Å². The van der Waals surface area contributed by atoms with Crippen molar-refractivity contribution in [2.75, 3.05) is 33.2 Å². The number of likely N-dealkylation sites (tertiary alicyclic amines) is 1. The molecular formula is C25H24Cl2N4O5. The molecule has 1 amide bonds. The topological polar surface area (TPSA) is 103 Å². The molecule has 2 atom stereocenters. The van der Waals surface area contributed by atoms with E-state index in [0.29, 0.717) is 51.5 Å². The summed E-state index contributed by atoms with van der Waals surface area (Å²) in [4.78, 5) is 34.8. The lowest BCUT2D eigenvalue weighted by atomic mass is 10.0. The van der Waals surface area contributed by atoms with Gasteiger partial charge in [0.05, 0.1) is 36.9 Å². The molecular weight excluding hydrogens is 507 g/mol. The lowest BCUT2D eigenvalue weighted by Gasteiger charge is -2.20. The Bertz CT molecular complexity index is 1320. The van der Waals surface area contributed by atoms with Gasteiger partial charge in [-0.25, -0.2) is 14.8 Å². The second-order valence-corrected chi connectivity index (χ2v) is 8.82. The first kappa shape index (κ1) is 25.5. The van der Waals surface area contributed by atoms with Crippen molar-refractivity contribution in [3.63, 3.8) is 0 Å². The lowest BCUT2D eigenvalue weighted by Crippen LogP contribution is -2.40. The van der Waals surface area contributed by atoms with Crippen LogP contribution in [0.4, 0.5) is 5.95 Å². The van der Waals surface area contributed by atoms with Gasteiger partial charge in [0.1, 0.15) is 17.5 Å². The van der Waals surface area contributed by atoms with Crippen molar-refractivity contribution < 1.29 is 23.8 Å². The van der Waals surface area contributed by atoms with Crippen molar-refractivity contribution in [3.05, 3.63) is 53.2 Å². The van der Waals surface area contributed by atoms with E-state index in [2.05, 4.69) is 21.9 Å². The summed E-state index contributed by atoms with van der Waals surface area (Å²) in [7, 11) is 4.33. The number of nitrogens with zero attached hydrogens (tertiary/aromatic N) is 3. The minimum absolute atomic E-state index is 0.239. The highest BCUT2D eigenvalue weighted by atomic mass is 35.5. The Balaban J connectivity index is 1.61. The number of fused-ring (bicyclic) bond motifs is 1. The van der Waals surface area contributed by atoms with Crippen LogP contribution in [-0.2, 0) is 14.3 Å². The second kappa shape index (κ2) is 10.6. The standard InChI is InChI=1S/C25H24Cl2N4O5/c1-5-20(32)31-12-15(9-17(31)24(33)36-4)29-25-28-11-14-8-13(6-7-16(14)30-25)21-22(26)18(34-2)10-19(35-3)23(21)27/h5-8,10-11,15,17H,1,9,12H2,2-4H3,(H,28,29,30)/t15-,17-/m0/s1. The lowest BCUT2D eigenvalue weighted by molar-refractivity contribution is -0.149. The number of benzene rings is 2. The maximum absolute atomic E-state index is 12.2. The summed E-state index contributed by atoms with van der Waals surface area (Å²) >= 11 is 13.1. The number of methoxy groups -OCH3 is 3. The van der Waals surface area contributed by atoms with Gasteiger partial charge in [0.25, 0.3) is 0 Å². The Morgan fingerprint density at radius 3 is 2.44 bits per heavy atom. The van der Waals surface area contributed by atoms with Crippen molar-refractivity contribution in [2.45, 2.75) is 18.5 Å². The van der Waals surface area contributed by atoms with Crippen LogP contribution in [0.2, 0.25) is 10.0 Å². The highest BCUT2D eigenvalue weighted by molar-refractivity contribution is 6.41. The van der Waals surface area contributed by atoms with Crippen molar-refractivity contribution in [1.82, 2.24) is 14.9 Å². The third-order valence-corrected chi connectivity index (χ3v) is 6.76. The van der Waals surface area contributed by atoms with Crippen LogP contribution in [0.15, 0.2) is 43.1 Å². The Morgan fingerprint density at radius 2 is 1.83 bits per heavy atom. The molecule has 11 heteroatoms. The molecule has 2 aromatic carbocycles. The number of anilines is 1. The third-order valence-electron chi connectivity index (χ3n) is 6.01. The molecule has 2 heterocycles. The van der Waals surface area contributed by atoms with E-state index in [1.165, 1.54) is 32.3 Å². The van der Waals surface area contributed by atoms with Crippen LogP contribution < -0.4 is 14.8 Å². The molecule has 1 N–H and O–H groups in total. The second-order valence-electron chi connectivity index (χ2n) is 8.06. The average Bonchev–Trinajstić information content (AvgIpc) is 3.31. The number of carbonyl (C=O) groups is 2. The molecule has 1 saturated heterocycles. The van der Waals surface area contributed by atoms with Gasteiger partial charge in [0, 0.05) is 42.2 Å². The van der Waals surface area contributed by atoms with Crippen LogP contribution in [0.25, 0.3) is 22.0 Å². The molecule has 0 spiro atoms. The summed E-state index contributed by atoms with van der Waals surface area (Å²) in [6, 6.07) is 6.24. The predicted molar refractivity (Wildman–Crippen MR) is 138 cm³/mol. The highest BCUT2D eigenvalue weighted by Gasteiger charge is 2.39. The van der Waals surface area contributed by atoms with Gasteiger partial charge in [0.15, 0.2) is 0 Å². The Morgan fingerprint density at radius 1 is 1.14 bits per heavy atom. The number of nitrogens with one attached hydrogen (secondary N) is 1. The maximum Gasteiger partial charge on any atom is 0.328 e. The van der Waals surface area contributed by atoms with E-state index in [1.807, 2.05) is 18.2 Å². The zero-order chi connectivity index (χ0) is 26.0. The number of halogens is 2. The summed E-state index contributed by atoms with van der Waals surface area (Å²) in [6.45, 7) is 3.80. The minimum atomic E-state index is -0.699.